The number of benzene rings is 1. The molecule has 0 aliphatic rings. The van der Waals surface area contributed by atoms with Gasteiger partial charge in [0.15, 0.2) is 0 Å². The van der Waals surface area contributed by atoms with Crippen molar-refractivity contribution in [3.05, 3.63) is 35.1 Å². The highest BCUT2D eigenvalue weighted by atomic mass is 32.1. The van der Waals surface area contributed by atoms with E-state index in [2.05, 4.69) is 16.0 Å². The van der Waals surface area contributed by atoms with E-state index in [4.69, 9.17) is 5.26 Å². The molecule has 18 heavy (non-hydrogen) atoms. The summed E-state index contributed by atoms with van der Waals surface area (Å²) in [6.45, 7) is 1.86. The van der Waals surface area contributed by atoms with Crippen molar-refractivity contribution in [1.82, 2.24) is 14.5 Å². The Morgan fingerprint density at radius 2 is 2.22 bits per heavy atom. The van der Waals surface area contributed by atoms with Crippen LogP contribution in [0.25, 0.3) is 21.6 Å². The van der Waals surface area contributed by atoms with Gasteiger partial charge in [-0.3, -0.25) is 0 Å². The highest BCUT2D eigenvalue weighted by Gasteiger charge is 2.10. The van der Waals surface area contributed by atoms with Crippen LogP contribution in [0, 0.1) is 18.3 Å². The molecule has 0 saturated carbocycles. The molecule has 0 fully saturated rings. The normalized spacial score (nSPS) is 10.7. The Hall–Kier alpha value is -2.19. The summed E-state index contributed by atoms with van der Waals surface area (Å²) in [6.07, 6.45) is 1.79. The Kier molecular flexibility index (Phi) is 2.39. The van der Waals surface area contributed by atoms with Gasteiger partial charge < -0.3 is 4.57 Å². The number of thiazole rings is 1. The highest BCUT2D eigenvalue weighted by Crippen LogP contribution is 2.29. The molecule has 2 aromatic heterocycles. The molecule has 88 valence electrons. The van der Waals surface area contributed by atoms with Gasteiger partial charge in [-0.1, -0.05) is 0 Å². The number of hydrogen-bond acceptors (Lipinski definition) is 4. The Morgan fingerprint density at radius 1 is 1.39 bits per heavy atom. The molecular weight excluding hydrogens is 244 g/mol. The Labute approximate surface area is 108 Å². The second-order valence-corrected chi connectivity index (χ2v) is 5.10. The first kappa shape index (κ1) is 10.9. The first-order chi connectivity index (χ1) is 8.69. The first-order valence-corrected chi connectivity index (χ1v) is 6.29. The maximum atomic E-state index is 8.96. The SMILES string of the molecule is Cc1nc(-c2ccc3c(c2)ncn3C)sc1C#N. The third-order valence-corrected chi connectivity index (χ3v) is 3.98. The molecule has 5 heteroatoms. The summed E-state index contributed by atoms with van der Waals surface area (Å²) < 4.78 is 1.98. The van der Waals surface area contributed by atoms with E-state index in [-0.39, 0.29) is 0 Å². The highest BCUT2D eigenvalue weighted by molar-refractivity contribution is 7.15. The largest absolute Gasteiger partial charge is 0.334 e. The van der Waals surface area contributed by atoms with Crippen LogP contribution in [0.15, 0.2) is 24.5 Å². The fourth-order valence-corrected chi connectivity index (χ4v) is 2.75. The Bertz CT molecular complexity index is 776. The molecule has 0 atom stereocenters. The second kappa shape index (κ2) is 3.93. The van der Waals surface area contributed by atoms with Crippen molar-refractivity contribution < 1.29 is 0 Å². The number of imidazole rings is 1. The van der Waals surface area contributed by atoms with Crippen LogP contribution in [0.3, 0.4) is 0 Å². The number of rotatable bonds is 1. The van der Waals surface area contributed by atoms with Gasteiger partial charge in [-0.15, -0.1) is 11.3 Å². The molecule has 0 aliphatic carbocycles. The summed E-state index contributed by atoms with van der Waals surface area (Å²) in [5, 5.41) is 9.83. The molecule has 3 rings (SSSR count). The topological polar surface area (TPSA) is 54.5 Å². The molecule has 0 amide bonds. The fourth-order valence-electron chi connectivity index (χ4n) is 1.89. The molecule has 0 radical (unpaired) electrons. The molecule has 0 unspecified atom stereocenters. The van der Waals surface area contributed by atoms with Gasteiger partial charge in [0, 0.05) is 12.6 Å². The summed E-state index contributed by atoms with van der Waals surface area (Å²) in [5.41, 5.74) is 3.84. The lowest BCUT2D eigenvalue weighted by Gasteiger charge is -1.97. The van der Waals surface area contributed by atoms with E-state index in [0.29, 0.717) is 4.88 Å². The molecule has 2 heterocycles. The second-order valence-electron chi connectivity index (χ2n) is 4.10. The number of nitrogens with zero attached hydrogens (tertiary/aromatic N) is 4. The molecule has 4 nitrogen and oxygen atoms in total. The molecule has 0 spiro atoms. The maximum absolute atomic E-state index is 8.96. The quantitative estimate of drug-likeness (QED) is 0.671. The van der Waals surface area contributed by atoms with Gasteiger partial charge in [0.25, 0.3) is 0 Å². The molecular formula is C13H10N4S. The van der Waals surface area contributed by atoms with E-state index in [1.165, 1.54) is 11.3 Å². The van der Waals surface area contributed by atoms with Crippen LogP contribution >= 0.6 is 11.3 Å². The number of aryl methyl sites for hydroxylation is 2. The van der Waals surface area contributed by atoms with Gasteiger partial charge in [0.05, 0.1) is 23.1 Å². The fraction of sp³-hybridized carbons (Fsp3) is 0.154. The summed E-state index contributed by atoms with van der Waals surface area (Å²) >= 11 is 1.42. The molecule has 1 aromatic carbocycles. The van der Waals surface area contributed by atoms with Crippen molar-refractivity contribution in [2.24, 2.45) is 7.05 Å². The minimum absolute atomic E-state index is 0.672. The van der Waals surface area contributed by atoms with E-state index in [0.717, 1.165) is 27.3 Å². The lowest BCUT2D eigenvalue weighted by atomic mass is 10.2. The average Bonchev–Trinajstić information content (AvgIpc) is 2.93. The van der Waals surface area contributed by atoms with Crippen molar-refractivity contribution in [3.8, 4) is 16.6 Å². The van der Waals surface area contributed by atoms with Gasteiger partial charge in [0.2, 0.25) is 0 Å². The molecule has 0 N–H and O–H groups in total. The van der Waals surface area contributed by atoms with E-state index in [1.807, 2.05) is 36.7 Å². The molecule has 0 aliphatic heterocycles. The Morgan fingerprint density at radius 3 is 2.94 bits per heavy atom. The van der Waals surface area contributed by atoms with E-state index in [1.54, 1.807) is 6.33 Å². The summed E-state index contributed by atoms with van der Waals surface area (Å²) in [6, 6.07) is 8.22. The zero-order valence-electron chi connectivity index (χ0n) is 10.0. The maximum Gasteiger partial charge on any atom is 0.128 e. The van der Waals surface area contributed by atoms with Crippen LogP contribution in [-0.4, -0.2) is 14.5 Å². The average molecular weight is 254 g/mol. The number of hydrogen-bond donors (Lipinski definition) is 0. The van der Waals surface area contributed by atoms with E-state index >= 15 is 0 Å². The Balaban J connectivity index is 2.16. The van der Waals surface area contributed by atoms with Crippen molar-refractivity contribution in [2.75, 3.05) is 0 Å². The summed E-state index contributed by atoms with van der Waals surface area (Å²) in [7, 11) is 1.97. The molecule has 0 bridgehead atoms. The standard InChI is InChI=1S/C13H10N4S/c1-8-12(6-14)18-13(16-8)9-3-4-11-10(5-9)15-7-17(11)2/h3-5,7H,1-2H3. The van der Waals surface area contributed by atoms with Crippen molar-refractivity contribution in [2.45, 2.75) is 6.92 Å². The van der Waals surface area contributed by atoms with Gasteiger partial charge >= 0.3 is 0 Å². The van der Waals surface area contributed by atoms with Crippen molar-refractivity contribution >= 4 is 22.4 Å². The van der Waals surface area contributed by atoms with Crippen LogP contribution < -0.4 is 0 Å². The monoisotopic (exact) mass is 254 g/mol. The summed E-state index contributed by atoms with van der Waals surface area (Å²) in [4.78, 5) is 9.43. The van der Waals surface area contributed by atoms with Crippen molar-refractivity contribution in [3.63, 3.8) is 0 Å². The number of nitriles is 1. The van der Waals surface area contributed by atoms with Crippen LogP contribution in [-0.2, 0) is 7.05 Å². The first-order valence-electron chi connectivity index (χ1n) is 5.48. The summed E-state index contributed by atoms with van der Waals surface area (Å²) in [5.74, 6) is 0. The van der Waals surface area contributed by atoms with Crippen molar-refractivity contribution in [1.29, 1.82) is 5.26 Å². The number of aromatic nitrogens is 3. The van der Waals surface area contributed by atoms with Crippen LogP contribution in [0.4, 0.5) is 0 Å². The predicted octanol–water partition coefficient (Wildman–Crippen LogP) is 2.88. The van der Waals surface area contributed by atoms with Gasteiger partial charge in [-0.2, -0.15) is 5.26 Å². The van der Waals surface area contributed by atoms with E-state index in [9.17, 15) is 0 Å². The third kappa shape index (κ3) is 1.59. The minimum Gasteiger partial charge on any atom is -0.334 e. The lowest BCUT2D eigenvalue weighted by molar-refractivity contribution is 0.948. The predicted molar refractivity (Wildman–Crippen MR) is 71.3 cm³/mol. The van der Waals surface area contributed by atoms with Crippen LogP contribution in [0.5, 0.6) is 0 Å². The molecule has 0 saturated heterocycles. The van der Waals surface area contributed by atoms with Crippen LogP contribution in [0.1, 0.15) is 10.6 Å². The zero-order chi connectivity index (χ0) is 12.7. The van der Waals surface area contributed by atoms with Gasteiger partial charge in [0.1, 0.15) is 16.0 Å². The zero-order valence-corrected chi connectivity index (χ0v) is 10.8. The van der Waals surface area contributed by atoms with Gasteiger partial charge in [-0.05, 0) is 25.1 Å². The number of fused-ring (bicyclic) bond motifs is 1. The third-order valence-electron chi connectivity index (χ3n) is 2.87. The molecule has 3 aromatic rings. The van der Waals surface area contributed by atoms with E-state index < -0.39 is 0 Å². The van der Waals surface area contributed by atoms with Gasteiger partial charge in [-0.25, -0.2) is 9.97 Å². The minimum atomic E-state index is 0.672. The smallest absolute Gasteiger partial charge is 0.128 e. The van der Waals surface area contributed by atoms with Crippen LogP contribution in [0.2, 0.25) is 0 Å². The lowest BCUT2D eigenvalue weighted by Crippen LogP contribution is -1.83.